The molecule has 2 amide bonds. The lowest BCUT2D eigenvalue weighted by Gasteiger charge is -2.30. The number of piperidine rings is 1. The molecule has 1 heterocycles. The van der Waals surface area contributed by atoms with Gasteiger partial charge in [0.2, 0.25) is 0 Å². The number of hydrogen-bond acceptors (Lipinski definition) is 3. The van der Waals surface area contributed by atoms with E-state index in [0.717, 1.165) is 37.2 Å². The van der Waals surface area contributed by atoms with Gasteiger partial charge in [-0.05, 0) is 55.2 Å². The minimum Gasteiger partial charge on any atom is -0.371 e. The van der Waals surface area contributed by atoms with Crippen LogP contribution in [0.2, 0.25) is 5.02 Å². The van der Waals surface area contributed by atoms with Crippen molar-refractivity contribution < 1.29 is 9.59 Å². The largest absolute Gasteiger partial charge is 0.371 e. The standard InChI is InChI=1S/C26H26ClN3O2/c27-23-12-6-5-11-21(23)26(32)29-20-13-14-24(30-15-7-2-8-16-30)22(17-20)25(31)28-18-19-9-3-1-4-10-19/h1,3-6,9-14,17H,2,7-8,15-16,18H2,(H,28,31)(H,29,32). The van der Waals surface area contributed by atoms with Gasteiger partial charge in [0.25, 0.3) is 11.8 Å². The molecular weight excluding hydrogens is 422 g/mol. The number of hydrogen-bond donors (Lipinski definition) is 2. The summed E-state index contributed by atoms with van der Waals surface area (Å²) < 4.78 is 0. The van der Waals surface area contributed by atoms with Gasteiger partial charge in [0.05, 0.1) is 16.1 Å². The summed E-state index contributed by atoms with van der Waals surface area (Å²) in [6, 6.07) is 22.2. The minimum absolute atomic E-state index is 0.164. The Hall–Kier alpha value is -3.31. The predicted molar refractivity (Wildman–Crippen MR) is 130 cm³/mol. The molecule has 4 rings (SSSR count). The molecule has 0 spiro atoms. The Morgan fingerprint density at radius 3 is 2.28 bits per heavy atom. The predicted octanol–water partition coefficient (Wildman–Crippen LogP) is 5.51. The van der Waals surface area contributed by atoms with E-state index in [9.17, 15) is 9.59 Å². The Kier molecular flexibility index (Phi) is 7.07. The van der Waals surface area contributed by atoms with Crippen molar-refractivity contribution in [3.8, 4) is 0 Å². The van der Waals surface area contributed by atoms with E-state index in [1.165, 1.54) is 6.42 Å². The van der Waals surface area contributed by atoms with Crippen LogP contribution in [0.3, 0.4) is 0 Å². The molecule has 6 heteroatoms. The molecule has 0 aromatic heterocycles. The Morgan fingerprint density at radius 1 is 0.812 bits per heavy atom. The van der Waals surface area contributed by atoms with Crippen LogP contribution in [0.1, 0.15) is 45.5 Å². The van der Waals surface area contributed by atoms with Gasteiger partial charge in [-0.25, -0.2) is 0 Å². The highest BCUT2D eigenvalue weighted by Crippen LogP contribution is 2.28. The second kappa shape index (κ2) is 10.3. The lowest BCUT2D eigenvalue weighted by atomic mass is 10.1. The third-order valence-corrected chi connectivity index (χ3v) is 5.94. The van der Waals surface area contributed by atoms with Gasteiger partial charge >= 0.3 is 0 Å². The zero-order valence-electron chi connectivity index (χ0n) is 17.8. The number of carbonyl (C=O) groups excluding carboxylic acids is 2. The number of nitrogens with one attached hydrogen (secondary N) is 2. The van der Waals surface area contributed by atoms with Crippen LogP contribution in [-0.2, 0) is 6.54 Å². The fourth-order valence-electron chi connectivity index (χ4n) is 3.92. The van der Waals surface area contributed by atoms with E-state index in [1.807, 2.05) is 42.5 Å². The summed E-state index contributed by atoms with van der Waals surface area (Å²) in [7, 11) is 0. The Labute approximate surface area is 193 Å². The van der Waals surface area contributed by atoms with Gasteiger partial charge in [0.1, 0.15) is 0 Å². The first kappa shape index (κ1) is 21.9. The first-order valence-electron chi connectivity index (χ1n) is 10.9. The van der Waals surface area contributed by atoms with Crippen molar-refractivity contribution in [1.82, 2.24) is 5.32 Å². The molecule has 1 saturated heterocycles. The van der Waals surface area contributed by atoms with Crippen molar-refractivity contribution in [2.45, 2.75) is 25.8 Å². The summed E-state index contributed by atoms with van der Waals surface area (Å²) >= 11 is 6.16. The summed E-state index contributed by atoms with van der Waals surface area (Å²) in [5.41, 5.74) is 3.43. The number of nitrogens with zero attached hydrogens (tertiary/aromatic N) is 1. The highest BCUT2D eigenvalue weighted by Gasteiger charge is 2.20. The van der Waals surface area contributed by atoms with Crippen molar-refractivity contribution in [2.75, 3.05) is 23.3 Å². The molecule has 0 unspecified atom stereocenters. The fraction of sp³-hybridized carbons (Fsp3) is 0.231. The van der Waals surface area contributed by atoms with E-state index in [4.69, 9.17) is 11.6 Å². The highest BCUT2D eigenvalue weighted by molar-refractivity contribution is 6.34. The van der Waals surface area contributed by atoms with Gasteiger partial charge in [0.15, 0.2) is 0 Å². The first-order chi connectivity index (χ1) is 15.6. The van der Waals surface area contributed by atoms with E-state index in [2.05, 4.69) is 15.5 Å². The Bertz CT molecular complexity index is 1100. The molecule has 3 aromatic rings. The lowest BCUT2D eigenvalue weighted by Crippen LogP contribution is -2.32. The Morgan fingerprint density at radius 2 is 1.53 bits per heavy atom. The molecule has 0 radical (unpaired) electrons. The van der Waals surface area contributed by atoms with Crippen molar-refractivity contribution in [2.24, 2.45) is 0 Å². The van der Waals surface area contributed by atoms with Gasteiger partial charge in [-0.3, -0.25) is 9.59 Å². The number of anilines is 2. The first-order valence-corrected chi connectivity index (χ1v) is 11.3. The molecule has 1 aliphatic heterocycles. The van der Waals surface area contributed by atoms with Crippen LogP contribution in [0.5, 0.6) is 0 Å². The molecule has 0 atom stereocenters. The van der Waals surface area contributed by atoms with Crippen LogP contribution < -0.4 is 15.5 Å². The summed E-state index contributed by atoms with van der Waals surface area (Å²) in [4.78, 5) is 28.1. The number of halogens is 1. The second-order valence-corrected chi connectivity index (χ2v) is 8.29. The molecule has 0 bridgehead atoms. The average Bonchev–Trinajstić information content (AvgIpc) is 2.84. The minimum atomic E-state index is -0.308. The van der Waals surface area contributed by atoms with Gasteiger partial charge < -0.3 is 15.5 Å². The molecule has 32 heavy (non-hydrogen) atoms. The molecule has 1 aliphatic rings. The van der Waals surface area contributed by atoms with Crippen molar-refractivity contribution in [3.63, 3.8) is 0 Å². The number of benzene rings is 3. The third kappa shape index (κ3) is 5.29. The molecule has 5 nitrogen and oxygen atoms in total. The van der Waals surface area contributed by atoms with Gasteiger partial charge in [-0.2, -0.15) is 0 Å². The van der Waals surface area contributed by atoms with Crippen molar-refractivity contribution >= 4 is 34.8 Å². The molecular formula is C26H26ClN3O2. The average molecular weight is 448 g/mol. The van der Waals surface area contributed by atoms with E-state index in [1.54, 1.807) is 30.3 Å². The molecule has 0 saturated carbocycles. The van der Waals surface area contributed by atoms with Gasteiger partial charge in [-0.15, -0.1) is 0 Å². The van der Waals surface area contributed by atoms with E-state index in [0.29, 0.717) is 28.4 Å². The maximum Gasteiger partial charge on any atom is 0.257 e. The number of amides is 2. The smallest absolute Gasteiger partial charge is 0.257 e. The van der Waals surface area contributed by atoms with Gasteiger partial charge in [-0.1, -0.05) is 54.1 Å². The van der Waals surface area contributed by atoms with Gasteiger partial charge in [0, 0.05) is 31.0 Å². The monoisotopic (exact) mass is 447 g/mol. The summed E-state index contributed by atoms with van der Waals surface area (Å²) in [6.07, 6.45) is 3.42. The lowest BCUT2D eigenvalue weighted by molar-refractivity contribution is 0.0950. The molecule has 0 aliphatic carbocycles. The number of rotatable bonds is 6. The molecule has 164 valence electrons. The van der Waals surface area contributed by atoms with E-state index in [-0.39, 0.29) is 11.8 Å². The molecule has 1 fully saturated rings. The SMILES string of the molecule is O=C(Nc1ccc(N2CCCCC2)c(C(=O)NCc2ccccc2)c1)c1ccccc1Cl. The summed E-state index contributed by atoms with van der Waals surface area (Å²) in [5.74, 6) is -0.472. The quantitative estimate of drug-likeness (QED) is 0.523. The van der Waals surface area contributed by atoms with Crippen LogP contribution in [0.4, 0.5) is 11.4 Å². The summed E-state index contributed by atoms with van der Waals surface area (Å²) in [5, 5.41) is 6.28. The zero-order chi connectivity index (χ0) is 22.3. The van der Waals surface area contributed by atoms with Crippen molar-refractivity contribution in [3.05, 3.63) is 94.5 Å². The maximum atomic E-state index is 13.2. The Balaban J connectivity index is 1.58. The van der Waals surface area contributed by atoms with E-state index >= 15 is 0 Å². The highest BCUT2D eigenvalue weighted by atomic mass is 35.5. The number of carbonyl (C=O) groups is 2. The molecule has 2 N–H and O–H groups in total. The second-order valence-electron chi connectivity index (χ2n) is 7.88. The van der Waals surface area contributed by atoms with Crippen LogP contribution in [-0.4, -0.2) is 24.9 Å². The fourth-order valence-corrected chi connectivity index (χ4v) is 4.14. The summed E-state index contributed by atoms with van der Waals surface area (Å²) in [6.45, 7) is 2.28. The zero-order valence-corrected chi connectivity index (χ0v) is 18.6. The topological polar surface area (TPSA) is 61.4 Å². The van der Waals surface area contributed by atoms with Crippen LogP contribution in [0, 0.1) is 0 Å². The van der Waals surface area contributed by atoms with Crippen LogP contribution >= 0.6 is 11.6 Å². The van der Waals surface area contributed by atoms with Crippen molar-refractivity contribution in [1.29, 1.82) is 0 Å². The van der Waals surface area contributed by atoms with Crippen LogP contribution in [0.25, 0.3) is 0 Å². The molecule has 3 aromatic carbocycles. The third-order valence-electron chi connectivity index (χ3n) is 5.61. The normalized spacial score (nSPS) is 13.5. The maximum absolute atomic E-state index is 13.2. The van der Waals surface area contributed by atoms with E-state index < -0.39 is 0 Å². The van der Waals surface area contributed by atoms with Crippen LogP contribution in [0.15, 0.2) is 72.8 Å².